The van der Waals surface area contributed by atoms with Gasteiger partial charge in [-0.2, -0.15) is 0 Å². The van der Waals surface area contributed by atoms with Gasteiger partial charge < -0.3 is 10.1 Å². The fourth-order valence-electron chi connectivity index (χ4n) is 2.00. The van der Waals surface area contributed by atoms with Crippen LogP contribution in [0.1, 0.15) is 30.9 Å². The first-order valence-corrected chi connectivity index (χ1v) is 8.52. The van der Waals surface area contributed by atoms with E-state index in [2.05, 4.69) is 35.1 Å². The second-order valence-electron chi connectivity index (χ2n) is 5.65. The summed E-state index contributed by atoms with van der Waals surface area (Å²) in [4.78, 5) is 12.0. The molecule has 0 heterocycles. The van der Waals surface area contributed by atoms with Crippen LogP contribution in [-0.2, 0) is 4.79 Å². The standard InChI is InChI=1S/C18H19BrClNO2/c1-11(2)13-5-7-17(15(19)8-13)23-10-18(22)21-14-6-4-12(3)16(20)9-14/h4-9,11H,10H2,1-3H3,(H,21,22). The lowest BCUT2D eigenvalue weighted by molar-refractivity contribution is -0.118. The predicted octanol–water partition coefficient (Wildman–Crippen LogP) is 5.55. The SMILES string of the molecule is Cc1ccc(NC(=O)COc2ccc(C(C)C)cc2Br)cc1Cl. The Bertz CT molecular complexity index is 716. The zero-order valence-corrected chi connectivity index (χ0v) is 15.7. The van der Waals surface area contributed by atoms with Gasteiger partial charge in [-0.15, -0.1) is 0 Å². The van der Waals surface area contributed by atoms with Crippen LogP contribution in [0.3, 0.4) is 0 Å². The van der Waals surface area contributed by atoms with E-state index in [1.165, 1.54) is 5.56 Å². The molecule has 122 valence electrons. The van der Waals surface area contributed by atoms with Gasteiger partial charge in [0.1, 0.15) is 5.75 Å². The van der Waals surface area contributed by atoms with Gasteiger partial charge >= 0.3 is 0 Å². The molecule has 1 amide bonds. The molecule has 0 radical (unpaired) electrons. The van der Waals surface area contributed by atoms with Crippen molar-refractivity contribution in [3.05, 3.63) is 57.0 Å². The Morgan fingerprint density at radius 3 is 2.61 bits per heavy atom. The molecule has 0 saturated carbocycles. The van der Waals surface area contributed by atoms with Gasteiger partial charge in [0.05, 0.1) is 4.47 Å². The summed E-state index contributed by atoms with van der Waals surface area (Å²) in [5.41, 5.74) is 2.83. The van der Waals surface area contributed by atoms with Gasteiger partial charge in [-0.25, -0.2) is 0 Å². The van der Waals surface area contributed by atoms with E-state index >= 15 is 0 Å². The molecule has 0 atom stereocenters. The zero-order chi connectivity index (χ0) is 17.0. The minimum atomic E-state index is -0.232. The lowest BCUT2D eigenvalue weighted by Gasteiger charge is -2.12. The number of hydrogen-bond donors (Lipinski definition) is 1. The highest BCUT2D eigenvalue weighted by atomic mass is 79.9. The number of hydrogen-bond acceptors (Lipinski definition) is 2. The molecule has 3 nitrogen and oxygen atoms in total. The molecule has 2 rings (SSSR count). The predicted molar refractivity (Wildman–Crippen MR) is 98.5 cm³/mol. The number of nitrogens with one attached hydrogen (secondary N) is 1. The van der Waals surface area contributed by atoms with Gasteiger partial charge in [0.25, 0.3) is 5.91 Å². The molecule has 0 aliphatic rings. The highest BCUT2D eigenvalue weighted by Gasteiger charge is 2.09. The number of ether oxygens (including phenoxy) is 1. The molecule has 0 aliphatic carbocycles. The fraction of sp³-hybridized carbons (Fsp3) is 0.278. The zero-order valence-electron chi connectivity index (χ0n) is 13.3. The van der Waals surface area contributed by atoms with Crippen molar-refractivity contribution < 1.29 is 9.53 Å². The summed E-state index contributed by atoms with van der Waals surface area (Å²) >= 11 is 9.52. The Morgan fingerprint density at radius 1 is 1.26 bits per heavy atom. The lowest BCUT2D eigenvalue weighted by atomic mass is 10.0. The third kappa shape index (κ3) is 4.98. The summed E-state index contributed by atoms with van der Waals surface area (Å²) in [6, 6.07) is 11.3. The molecule has 5 heteroatoms. The number of anilines is 1. The van der Waals surface area contributed by atoms with Gasteiger partial charge in [0.15, 0.2) is 6.61 Å². The lowest BCUT2D eigenvalue weighted by Crippen LogP contribution is -2.20. The monoisotopic (exact) mass is 395 g/mol. The van der Waals surface area contributed by atoms with Crippen LogP contribution in [-0.4, -0.2) is 12.5 Å². The van der Waals surface area contributed by atoms with Crippen molar-refractivity contribution in [2.75, 3.05) is 11.9 Å². The molecule has 0 saturated heterocycles. The number of carbonyl (C=O) groups is 1. The third-order valence-corrected chi connectivity index (χ3v) is 4.46. The van der Waals surface area contributed by atoms with E-state index in [4.69, 9.17) is 16.3 Å². The van der Waals surface area contributed by atoms with Gasteiger partial charge in [0, 0.05) is 10.7 Å². The number of halogens is 2. The summed E-state index contributed by atoms with van der Waals surface area (Å²) < 4.78 is 6.41. The Labute approximate surface area is 150 Å². The first kappa shape index (κ1) is 17.8. The number of benzene rings is 2. The molecule has 23 heavy (non-hydrogen) atoms. The van der Waals surface area contributed by atoms with Crippen molar-refractivity contribution in [2.24, 2.45) is 0 Å². The second kappa shape index (κ2) is 7.84. The average molecular weight is 397 g/mol. The van der Waals surface area contributed by atoms with Crippen LogP contribution < -0.4 is 10.1 Å². The maximum Gasteiger partial charge on any atom is 0.262 e. The summed E-state index contributed by atoms with van der Waals surface area (Å²) in [5.74, 6) is 0.853. The van der Waals surface area contributed by atoms with Gasteiger partial charge in [-0.05, 0) is 64.2 Å². The Balaban J connectivity index is 1.95. The van der Waals surface area contributed by atoms with Crippen molar-refractivity contribution in [1.82, 2.24) is 0 Å². The molecule has 2 aromatic carbocycles. The molecule has 0 fully saturated rings. The molecular weight excluding hydrogens is 378 g/mol. The van der Waals surface area contributed by atoms with Crippen molar-refractivity contribution in [3.63, 3.8) is 0 Å². The molecule has 2 aromatic rings. The quantitative estimate of drug-likeness (QED) is 0.719. The minimum absolute atomic E-state index is 0.0644. The number of amides is 1. The Hall–Kier alpha value is -1.52. The highest BCUT2D eigenvalue weighted by molar-refractivity contribution is 9.10. The van der Waals surface area contributed by atoms with Crippen LogP contribution in [0.2, 0.25) is 5.02 Å². The molecule has 0 spiro atoms. The molecular formula is C18H19BrClNO2. The van der Waals surface area contributed by atoms with Crippen LogP contribution >= 0.6 is 27.5 Å². The Morgan fingerprint density at radius 2 is 2.00 bits per heavy atom. The largest absolute Gasteiger partial charge is 0.483 e. The van der Waals surface area contributed by atoms with Crippen molar-refractivity contribution in [3.8, 4) is 5.75 Å². The minimum Gasteiger partial charge on any atom is -0.483 e. The van der Waals surface area contributed by atoms with E-state index in [-0.39, 0.29) is 12.5 Å². The maximum absolute atomic E-state index is 12.0. The molecule has 0 aromatic heterocycles. The van der Waals surface area contributed by atoms with Crippen LogP contribution in [0.15, 0.2) is 40.9 Å². The summed E-state index contributed by atoms with van der Waals surface area (Å²) in [6.07, 6.45) is 0. The molecule has 0 aliphatic heterocycles. The van der Waals surface area contributed by atoms with Crippen molar-refractivity contribution >= 4 is 39.1 Å². The third-order valence-electron chi connectivity index (χ3n) is 3.44. The van der Waals surface area contributed by atoms with Crippen molar-refractivity contribution in [2.45, 2.75) is 26.7 Å². The van der Waals surface area contributed by atoms with Crippen LogP contribution in [0.5, 0.6) is 5.75 Å². The van der Waals surface area contributed by atoms with Gasteiger partial charge in [-0.3, -0.25) is 4.79 Å². The summed E-state index contributed by atoms with van der Waals surface area (Å²) in [6.45, 7) is 6.10. The first-order valence-electron chi connectivity index (χ1n) is 7.35. The van der Waals surface area contributed by atoms with Gasteiger partial charge in [0.2, 0.25) is 0 Å². The van der Waals surface area contributed by atoms with E-state index < -0.39 is 0 Å². The van der Waals surface area contributed by atoms with E-state index in [0.717, 1.165) is 10.0 Å². The Kier molecular flexibility index (Phi) is 6.08. The molecule has 0 bridgehead atoms. The normalized spacial score (nSPS) is 10.7. The number of rotatable bonds is 5. The smallest absolute Gasteiger partial charge is 0.262 e. The van der Waals surface area contributed by atoms with E-state index in [1.54, 1.807) is 6.07 Å². The van der Waals surface area contributed by atoms with E-state index in [9.17, 15) is 4.79 Å². The molecule has 1 N–H and O–H groups in total. The van der Waals surface area contributed by atoms with Crippen LogP contribution in [0.25, 0.3) is 0 Å². The molecule has 0 unspecified atom stereocenters. The van der Waals surface area contributed by atoms with Crippen LogP contribution in [0, 0.1) is 6.92 Å². The second-order valence-corrected chi connectivity index (χ2v) is 6.91. The summed E-state index contributed by atoms with van der Waals surface area (Å²) in [7, 11) is 0. The van der Waals surface area contributed by atoms with Crippen molar-refractivity contribution in [1.29, 1.82) is 0 Å². The van der Waals surface area contributed by atoms with Crippen LogP contribution in [0.4, 0.5) is 5.69 Å². The summed E-state index contributed by atoms with van der Waals surface area (Å²) in [5, 5.41) is 3.39. The first-order chi connectivity index (χ1) is 10.9. The fourth-order valence-corrected chi connectivity index (χ4v) is 2.70. The highest BCUT2D eigenvalue weighted by Crippen LogP contribution is 2.29. The van der Waals surface area contributed by atoms with Gasteiger partial charge in [-0.1, -0.05) is 37.6 Å². The van der Waals surface area contributed by atoms with E-state index in [1.807, 2.05) is 37.3 Å². The average Bonchev–Trinajstić information content (AvgIpc) is 2.49. The maximum atomic E-state index is 12.0. The van der Waals surface area contributed by atoms with E-state index in [0.29, 0.717) is 22.4 Å². The number of carbonyl (C=O) groups excluding carboxylic acids is 1. The topological polar surface area (TPSA) is 38.3 Å². The number of aryl methyl sites for hydroxylation is 1.